The molecule has 0 unspecified atom stereocenters. The molecule has 17 heavy (non-hydrogen) atoms. The fraction of sp³-hybridized carbons (Fsp3) is 0.538. The largest absolute Gasteiger partial charge is 0.508 e. The number of rotatable bonds is 6. The van der Waals surface area contributed by atoms with Crippen molar-refractivity contribution in [3.05, 3.63) is 23.8 Å². The molecular formula is C13H23N3O. The van der Waals surface area contributed by atoms with Crippen LogP contribution in [0.4, 0.5) is 5.69 Å². The van der Waals surface area contributed by atoms with Gasteiger partial charge in [0.2, 0.25) is 0 Å². The van der Waals surface area contributed by atoms with Crippen LogP contribution in [0.1, 0.15) is 12.0 Å². The van der Waals surface area contributed by atoms with Crippen LogP contribution in [0.25, 0.3) is 0 Å². The molecule has 0 radical (unpaired) electrons. The number of nitrogens with two attached hydrogens (primary N) is 1. The molecule has 4 heteroatoms. The predicted molar refractivity (Wildman–Crippen MR) is 72.0 cm³/mol. The molecule has 0 bridgehead atoms. The zero-order chi connectivity index (χ0) is 12.8. The molecular weight excluding hydrogens is 214 g/mol. The third kappa shape index (κ3) is 5.06. The van der Waals surface area contributed by atoms with Crippen LogP contribution >= 0.6 is 0 Å². The highest BCUT2D eigenvalue weighted by Crippen LogP contribution is 2.20. The quantitative estimate of drug-likeness (QED) is 0.579. The van der Waals surface area contributed by atoms with Gasteiger partial charge < -0.3 is 20.6 Å². The van der Waals surface area contributed by atoms with Gasteiger partial charge in [-0.3, -0.25) is 0 Å². The Balaban J connectivity index is 2.44. The molecule has 1 rings (SSSR count). The summed E-state index contributed by atoms with van der Waals surface area (Å²) in [5.41, 5.74) is 7.29. The van der Waals surface area contributed by atoms with Gasteiger partial charge in [0.25, 0.3) is 0 Å². The van der Waals surface area contributed by atoms with E-state index in [-0.39, 0.29) is 0 Å². The maximum atomic E-state index is 9.71. The minimum absolute atomic E-state index is 0.318. The van der Waals surface area contributed by atoms with Gasteiger partial charge in [-0.2, -0.15) is 0 Å². The number of phenolic OH excluding ortho intramolecular Hbond substituents is 1. The molecule has 0 spiro atoms. The molecule has 3 N–H and O–H groups in total. The lowest BCUT2D eigenvalue weighted by molar-refractivity contribution is 0.291. The number of hydrogen-bond donors (Lipinski definition) is 2. The Bertz CT molecular complexity index is 353. The fourth-order valence-electron chi connectivity index (χ4n) is 1.76. The van der Waals surface area contributed by atoms with Crippen molar-refractivity contribution in [1.82, 2.24) is 9.80 Å². The number of aromatic hydroxyl groups is 1. The highest BCUT2D eigenvalue weighted by atomic mass is 16.3. The molecule has 0 amide bonds. The van der Waals surface area contributed by atoms with Gasteiger partial charge in [-0.1, -0.05) is 0 Å². The van der Waals surface area contributed by atoms with E-state index in [4.69, 9.17) is 5.73 Å². The SMILES string of the molecule is CN(C)CCCN(C)Cc1cc(N)ccc1O. The van der Waals surface area contributed by atoms with E-state index in [1.54, 1.807) is 12.1 Å². The molecule has 4 nitrogen and oxygen atoms in total. The van der Waals surface area contributed by atoms with Gasteiger partial charge >= 0.3 is 0 Å². The second kappa shape index (κ2) is 6.47. The molecule has 0 saturated carbocycles. The number of hydrogen-bond acceptors (Lipinski definition) is 4. The summed E-state index contributed by atoms with van der Waals surface area (Å²) in [6, 6.07) is 5.20. The predicted octanol–water partition coefficient (Wildman–Crippen LogP) is 1.36. The summed E-state index contributed by atoms with van der Waals surface area (Å²) in [7, 11) is 6.20. The van der Waals surface area contributed by atoms with Crippen LogP contribution < -0.4 is 5.73 Å². The summed E-state index contributed by atoms with van der Waals surface area (Å²) in [6.45, 7) is 2.81. The lowest BCUT2D eigenvalue weighted by Gasteiger charge is -2.18. The molecule has 0 aliphatic heterocycles. The monoisotopic (exact) mass is 237 g/mol. The Morgan fingerprint density at radius 3 is 2.53 bits per heavy atom. The lowest BCUT2D eigenvalue weighted by atomic mass is 10.1. The van der Waals surface area contributed by atoms with Crippen molar-refractivity contribution in [1.29, 1.82) is 0 Å². The summed E-state index contributed by atoms with van der Waals surface area (Å²) in [6.07, 6.45) is 1.12. The normalized spacial score (nSPS) is 11.4. The van der Waals surface area contributed by atoms with Crippen molar-refractivity contribution in [3.8, 4) is 5.75 Å². The van der Waals surface area contributed by atoms with E-state index in [0.717, 1.165) is 31.6 Å². The van der Waals surface area contributed by atoms with Crippen molar-refractivity contribution in [3.63, 3.8) is 0 Å². The zero-order valence-corrected chi connectivity index (χ0v) is 11.0. The number of nitrogens with zero attached hydrogens (tertiary/aromatic N) is 2. The Hall–Kier alpha value is -1.26. The van der Waals surface area contributed by atoms with Gasteiger partial charge in [0.15, 0.2) is 0 Å². The molecule has 0 atom stereocenters. The molecule has 0 heterocycles. The average molecular weight is 237 g/mol. The molecule has 0 saturated heterocycles. The van der Waals surface area contributed by atoms with Gasteiger partial charge in [-0.15, -0.1) is 0 Å². The summed E-state index contributed by atoms with van der Waals surface area (Å²) >= 11 is 0. The Labute approximate surface area is 104 Å². The van der Waals surface area contributed by atoms with Crippen LogP contribution in [0.5, 0.6) is 5.75 Å². The van der Waals surface area contributed by atoms with E-state index in [1.807, 2.05) is 6.07 Å². The lowest BCUT2D eigenvalue weighted by Crippen LogP contribution is -2.23. The first-order chi connectivity index (χ1) is 7.99. The average Bonchev–Trinajstić information content (AvgIpc) is 2.23. The van der Waals surface area contributed by atoms with Crippen LogP contribution in [0.3, 0.4) is 0 Å². The van der Waals surface area contributed by atoms with Gasteiger partial charge in [0, 0.05) is 17.8 Å². The van der Waals surface area contributed by atoms with Gasteiger partial charge in [-0.05, 0) is 58.9 Å². The smallest absolute Gasteiger partial charge is 0.120 e. The van der Waals surface area contributed by atoms with Crippen molar-refractivity contribution in [2.75, 3.05) is 40.0 Å². The van der Waals surface area contributed by atoms with Crippen molar-refractivity contribution < 1.29 is 5.11 Å². The third-order valence-electron chi connectivity index (χ3n) is 2.69. The Morgan fingerprint density at radius 1 is 1.18 bits per heavy atom. The molecule has 0 aliphatic rings. The molecule has 96 valence electrons. The minimum Gasteiger partial charge on any atom is -0.508 e. The van der Waals surface area contributed by atoms with E-state index in [9.17, 15) is 5.11 Å². The number of phenols is 1. The maximum Gasteiger partial charge on any atom is 0.120 e. The van der Waals surface area contributed by atoms with E-state index < -0.39 is 0 Å². The van der Waals surface area contributed by atoms with Gasteiger partial charge in [0.1, 0.15) is 5.75 Å². The van der Waals surface area contributed by atoms with Gasteiger partial charge in [0.05, 0.1) is 0 Å². The first kappa shape index (κ1) is 13.8. The molecule has 0 fully saturated rings. The first-order valence-electron chi connectivity index (χ1n) is 5.89. The second-order valence-corrected chi connectivity index (χ2v) is 4.78. The Kier molecular flexibility index (Phi) is 5.25. The molecule has 0 aromatic heterocycles. The molecule has 1 aromatic carbocycles. The van der Waals surface area contributed by atoms with Crippen LogP contribution in [0, 0.1) is 0 Å². The van der Waals surface area contributed by atoms with Crippen LogP contribution in [0.2, 0.25) is 0 Å². The summed E-state index contributed by atoms with van der Waals surface area (Å²) in [5, 5.41) is 9.71. The topological polar surface area (TPSA) is 52.7 Å². The third-order valence-corrected chi connectivity index (χ3v) is 2.69. The molecule has 0 aliphatic carbocycles. The minimum atomic E-state index is 0.318. The van der Waals surface area contributed by atoms with E-state index in [1.165, 1.54) is 0 Å². The molecule has 1 aromatic rings. The first-order valence-corrected chi connectivity index (χ1v) is 5.89. The van der Waals surface area contributed by atoms with Crippen molar-refractivity contribution in [2.24, 2.45) is 0 Å². The van der Waals surface area contributed by atoms with Crippen LogP contribution in [0.15, 0.2) is 18.2 Å². The van der Waals surface area contributed by atoms with Gasteiger partial charge in [-0.25, -0.2) is 0 Å². The fourth-order valence-corrected chi connectivity index (χ4v) is 1.76. The van der Waals surface area contributed by atoms with Crippen LogP contribution in [-0.4, -0.2) is 49.1 Å². The number of nitrogen functional groups attached to an aromatic ring is 1. The zero-order valence-electron chi connectivity index (χ0n) is 11.0. The number of anilines is 1. The van der Waals surface area contributed by atoms with Crippen LogP contribution in [-0.2, 0) is 6.54 Å². The Morgan fingerprint density at radius 2 is 1.88 bits per heavy atom. The summed E-state index contributed by atoms with van der Waals surface area (Å²) in [4.78, 5) is 4.36. The summed E-state index contributed by atoms with van der Waals surface area (Å²) < 4.78 is 0. The standard InChI is InChI=1S/C13H23N3O/c1-15(2)7-4-8-16(3)10-11-9-12(14)5-6-13(11)17/h5-6,9,17H,4,7-8,10,14H2,1-3H3. The van der Waals surface area contributed by atoms with E-state index in [0.29, 0.717) is 11.4 Å². The maximum absolute atomic E-state index is 9.71. The van der Waals surface area contributed by atoms with E-state index in [2.05, 4.69) is 30.9 Å². The van der Waals surface area contributed by atoms with Crippen molar-refractivity contribution in [2.45, 2.75) is 13.0 Å². The number of benzene rings is 1. The second-order valence-electron chi connectivity index (χ2n) is 4.78. The highest BCUT2D eigenvalue weighted by Gasteiger charge is 2.05. The van der Waals surface area contributed by atoms with Crippen molar-refractivity contribution >= 4 is 5.69 Å². The van der Waals surface area contributed by atoms with E-state index >= 15 is 0 Å². The summed E-state index contributed by atoms with van der Waals surface area (Å²) in [5.74, 6) is 0.318. The highest BCUT2D eigenvalue weighted by molar-refractivity contribution is 5.47.